The molecule has 0 spiro atoms. The molecule has 0 fully saturated rings. The van der Waals surface area contributed by atoms with Gasteiger partial charge in [0.15, 0.2) is 11.6 Å². The molecule has 0 saturated carbocycles. The van der Waals surface area contributed by atoms with E-state index in [1.54, 1.807) is 6.07 Å². The van der Waals surface area contributed by atoms with Crippen LogP contribution in [0.3, 0.4) is 0 Å². The number of fused-ring (bicyclic) bond motifs is 2. The molecule has 0 aliphatic carbocycles. The molecular formula is C29H32F2N8. The van der Waals surface area contributed by atoms with Crippen molar-refractivity contribution in [1.82, 2.24) is 34.3 Å². The van der Waals surface area contributed by atoms with Gasteiger partial charge in [-0.1, -0.05) is 17.9 Å². The van der Waals surface area contributed by atoms with Crippen molar-refractivity contribution in [3.8, 4) is 23.1 Å². The summed E-state index contributed by atoms with van der Waals surface area (Å²) in [6, 6.07) is 6.95. The summed E-state index contributed by atoms with van der Waals surface area (Å²) in [5.74, 6) is 6.69. The Labute approximate surface area is 227 Å². The summed E-state index contributed by atoms with van der Waals surface area (Å²) >= 11 is 0. The van der Waals surface area contributed by atoms with Crippen LogP contribution >= 0.6 is 0 Å². The topological polar surface area (TPSA) is 75.0 Å². The van der Waals surface area contributed by atoms with Crippen LogP contribution in [0.25, 0.3) is 22.3 Å². The Balaban J connectivity index is 1.36. The highest BCUT2D eigenvalue weighted by Gasteiger charge is 2.20. The molecule has 0 amide bonds. The van der Waals surface area contributed by atoms with Gasteiger partial charge in [-0.05, 0) is 58.6 Å². The molecule has 10 heteroatoms. The minimum atomic E-state index is -0.640. The maximum atomic E-state index is 15.0. The molecule has 8 nitrogen and oxygen atoms in total. The highest BCUT2D eigenvalue weighted by molar-refractivity contribution is 5.83. The Bertz CT molecular complexity index is 1580. The zero-order valence-electron chi connectivity index (χ0n) is 22.9. The average molecular weight is 531 g/mol. The van der Waals surface area contributed by atoms with Crippen LogP contribution in [0, 0.1) is 30.4 Å². The Morgan fingerprint density at radius 1 is 1.08 bits per heavy atom. The van der Waals surface area contributed by atoms with Gasteiger partial charge < -0.3 is 9.88 Å². The van der Waals surface area contributed by atoms with Crippen LogP contribution in [-0.4, -0.2) is 68.0 Å². The Morgan fingerprint density at radius 2 is 1.90 bits per heavy atom. The summed E-state index contributed by atoms with van der Waals surface area (Å²) in [6.45, 7) is 8.96. The van der Waals surface area contributed by atoms with Gasteiger partial charge in [0.1, 0.15) is 22.9 Å². The number of pyridine rings is 1. The second kappa shape index (κ2) is 11.0. The van der Waals surface area contributed by atoms with Gasteiger partial charge in [0.05, 0.1) is 24.8 Å². The first-order valence-corrected chi connectivity index (χ1v) is 13.0. The van der Waals surface area contributed by atoms with Crippen LogP contribution in [0.1, 0.15) is 37.0 Å². The van der Waals surface area contributed by atoms with Crippen molar-refractivity contribution >= 4 is 22.8 Å². The maximum absolute atomic E-state index is 15.0. The number of anilines is 2. The molecule has 202 valence electrons. The van der Waals surface area contributed by atoms with E-state index in [-0.39, 0.29) is 23.2 Å². The van der Waals surface area contributed by atoms with E-state index >= 15 is 0 Å². The number of nitrogens with zero attached hydrogens (tertiary/aromatic N) is 7. The van der Waals surface area contributed by atoms with Gasteiger partial charge in [0.25, 0.3) is 0 Å². The fraction of sp³-hybridized carbons (Fsp3) is 0.379. The molecule has 0 atom stereocenters. The number of hydrogen-bond donors (Lipinski definition) is 1. The van der Waals surface area contributed by atoms with E-state index in [9.17, 15) is 8.78 Å². The SMILES string of the molecule is Cc1nc2c(F)cc(-c3nc(Nc4ccc5c(n4)CCN(CC#CCN(C)C)C5)ncc3F)cc2n1C(C)C. The van der Waals surface area contributed by atoms with E-state index in [0.717, 1.165) is 50.1 Å². The fourth-order valence-corrected chi connectivity index (χ4v) is 4.86. The molecule has 1 aliphatic rings. The Morgan fingerprint density at radius 3 is 2.67 bits per heavy atom. The second-order valence-electron chi connectivity index (χ2n) is 10.3. The van der Waals surface area contributed by atoms with Gasteiger partial charge in [-0.2, -0.15) is 0 Å². The van der Waals surface area contributed by atoms with Crippen molar-refractivity contribution in [2.24, 2.45) is 0 Å². The van der Waals surface area contributed by atoms with E-state index in [1.165, 1.54) is 6.07 Å². The van der Waals surface area contributed by atoms with Crippen LogP contribution in [-0.2, 0) is 13.0 Å². The molecule has 0 radical (unpaired) electrons. The Kier molecular flexibility index (Phi) is 7.55. The van der Waals surface area contributed by atoms with Gasteiger partial charge in [0, 0.05) is 36.8 Å². The first-order chi connectivity index (χ1) is 18.7. The summed E-state index contributed by atoms with van der Waals surface area (Å²) in [5.41, 5.74) is 3.34. The van der Waals surface area contributed by atoms with Crippen LogP contribution in [0.4, 0.5) is 20.5 Å². The number of benzene rings is 1. The lowest BCUT2D eigenvalue weighted by Crippen LogP contribution is -2.31. The smallest absolute Gasteiger partial charge is 0.229 e. The molecule has 39 heavy (non-hydrogen) atoms. The van der Waals surface area contributed by atoms with E-state index in [2.05, 4.69) is 37.0 Å². The molecule has 3 aromatic heterocycles. The molecular weight excluding hydrogens is 498 g/mol. The third-order valence-corrected chi connectivity index (χ3v) is 6.65. The van der Waals surface area contributed by atoms with E-state index < -0.39 is 11.6 Å². The summed E-state index contributed by atoms with van der Waals surface area (Å²) in [6.07, 6.45) is 1.89. The molecule has 0 bridgehead atoms. The van der Waals surface area contributed by atoms with Crippen molar-refractivity contribution in [1.29, 1.82) is 0 Å². The van der Waals surface area contributed by atoms with E-state index in [0.29, 0.717) is 22.7 Å². The lowest BCUT2D eigenvalue weighted by atomic mass is 10.1. The number of aromatic nitrogens is 5. The number of rotatable bonds is 6. The predicted molar refractivity (Wildman–Crippen MR) is 149 cm³/mol. The standard InChI is InChI=1S/C29H32F2N8/c1-18(2)39-19(3)33-28-22(30)14-21(15-25(28)39)27-23(31)16-32-29(36-27)35-26-9-8-20-17-38(13-10-24(20)34-26)12-7-6-11-37(4)5/h8-9,14-16,18H,10-13,17H2,1-5H3,(H,32,34,35,36). The summed E-state index contributed by atoms with van der Waals surface area (Å²) in [5, 5.41) is 3.09. The minimum absolute atomic E-state index is 0.00596. The number of hydrogen-bond acceptors (Lipinski definition) is 7. The molecule has 4 heterocycles. The second-order valence-corrected chi connectivity index (χ2v) is 10.3. The highest BCUT2D eigenvalue weighted by Crippen LogP contribution is 2.30. The maximum Gasteiger partial charge on any atom is 0.229 e. The fourth-order valence-electron chi connectivity index (χ4n) is 4.86. The summed E-state index contributed by atoms with van der Waals surface area (Å²) < 4.78 is 31.8. The monoisotopic (exact) mass is 530 g/mol. The Hall–Kier alpha value is -3.94. The third kappa shape index (κ3) is 5.75. The van der Waals surface area contributed by atoms with Crippen molar-refractivity contribution < 1.29 is 8.78 Å². The largest absolute Gasteiger partial charge is 0.326 e. The molecule has 1 N–H and O–H groups in total. The third-order valence-electron chi connectivity index (χ3n) is 6.65. The molecule has 1 aromatic carbocycles. The molecule has 5 rings (SSSR count). The van der Waals surface area contributed by atoms with Crippen LogP contribution in [0.2, 0.25) is 0 Å². The number of aryl methyl sites for hydroxylation is 1. The molecule has 0 saturated heterocycles. The normalized spacial score (nSPS) is 13.6. The van der Waals surface area contributed by atoms with Crippen molar-refractivity contribution in [3.05, 3.63) is 59.2 Å². The van der Waals surface area contributed by atoms with E-state index in [1.807, 2.05) is 56.5 Å². The van der Waals surface area contributed by atoms with Crippen molar-refractivity contribution in [3.63, 3.8) is 0 Å². The van der Waals surface area contributed by atoms with Gasteiger partial charge >= 0.3 is 0 Å². The predicted octanol–water partition coefficient (Wildman–Crippen LogP) is 4.72. The summed E-state index contributed by atoms with van der Waals surface area (Å²) in [4.78, 5) is 21.9. The number of halogens is 2. The van der Waals surface area contributed by atoms with Gasteiger partial charge in [-0.3, -0.25) is 9.80 Å². The number of nitrogens with one attached hydrogen (secondary N) is 1. The van der Waals surface area contributed by atoms with Crippen molar-refractivity contribution in [2.45, 2.75) is 39.8 Å². The molecule has 4 aromatic rings. The molecule has 1 aliphatic heterocycles. The van der Waals surface area contributed by atoms with Gasteiger partial charge in [0.2, 0.25) is 5.95 Å². The van der Waals surface area contributed by atoms with Crippen molar-refractivity contribution in [2.75, 3.05) is 39.0 Å². The first kappa shape index (κ1) is 26.7. The van der Waals surface area contributed by atoms with E-state index in [4.69, 9.17) is 4.98 Å². The minimum Gasteiger partial charge on any atom is -0.326 e. The first-order valence-electron chi connectivity index (χ1n) is 13.0. The lowest BCUT2D eigenvalue weighted by molar-refractivity contribution is 0.283. The highest BCUT2D eigenvalue weighted by atomic mass is 19.1. The van der Waals surface area contributed by atoms with Gasteiger partial charge in [-0.25, -0.2) is 28.7 Å². The number of imidazole rings is 1. The summed E-state index contributed by atoms with van der Waals surface area (Å²) in [7, 11) is 4.01. The zero-order valence-corrected chi connectivity index (χ0v) is 22.9. The van der Waals surface area contributed by atoms with Crippen LogP contribution < -0.4 is 5.32 Å². The van der Waals surface area contributed by atoms with Gasteiger partial charge in [-0.15, -0.1) is 0 Å². The van der Waals surface area contributed by atoms with Crippen LogP contribution in [0.15, 0.2) is 30.5 Å². The lowest BCUT2D eigenvalue weighted by Gasteiger charge is -2.26. The van der Waals surface area contributed by atoms with Crippen LogP contribution in [0.5, 0.6) is 0 Å². The average Bonchev–Trinajstić information content (AvgIpc) is 3.24. The molecule has 0 unspecified atom stereocenters. The quantitative estimate of drug-likeness (QED) is 0.362. The zero-order chi connectivity index (χ0) is 27.7.